The van der Waals surface area contributed by atoms with Crippen LogP contribution in [0.15, 0.2) is 36.4 Å². The maximum atomic E-state index is 12.8. The summed E-state index contributed by atoms with van der Waals surface area (Å²) in [6.45, 7) is 0.841. The first-order valence-corrected chi connectivity index (χ1v) is 12.5. The van der Waals surface area contributed by atoms with Gasteiger partial charge in [-0.3, -0.25) is 24.4 Å². The quantitative estimate of drug-likeness (QED) is 0.617. The van der Waals surface area contributed by atoms with Gasteiger partial charge in [0.2, 0.25) is 21.8 Å². The molecule has 0 radical (unpaired) electrons. The van der Waals surface area contributed by atoms with E-state index in [-0.39, 0.29) is 37.0 Å². The Bertz CT molecular complexity index is 1270. The van der Waals surface area contributed by atoms with Crippen LogP contribution in [0.2, 0.25) is 0 Å². The molecule has 2 aromatic rings. The highest BCUT2D eigenvalue weighted by Crippen LogP contribution is 2.30. The van der Waals surface area contributed by atoms with Gasteiger partial charge in [-0.2, -0.15) is 0 Å². The fourth-order valence-electron chi connectivity index (χ4n) is 4.52. The highest BCUT2D eigenvalue weighted by atomic mass is 32.2. The van der Waals surface area contributed by atoms with Crippen LogP contribution in [0.3, 0.4) is 0 Å². The second-order valence-corrected chi connectivity index (χ2v) is 10.3. The number of carbonyl (C=O) groups excluding carboxylic acids is 3. The monoisotopic (exact) mass is 469 g/mol. The molecular weight excluding hydrogens is 446 g/mol. The van der Waals surface area contributed by atoms with Crippen LogP contribution in [0.25, 0.3) is 0 Å². The van der Waals surface area contributed by atoms with Crippen molar-refractivity contribution in [1.82, 2.24) is 10.2 Å². The number of imide groups is 1. The Balaban J connectivity index is 1.25. The van der Waals surface area contributed by atoms with Crippen LogP contribution in [0.4, 0.5) is 5.69 Å². The number of ether oxygens (including phenoxy) is 1. The van der Waals surface area contributed by atoms with Gasteiger partial charge >= 0.3 is 0 Å². The van der Waals surface area contributed by atoms with Crippen molar-refractivity contribution in [3.8, 4) is 5.75 Å². The lowest BCUT2D eigenvalue weighted by atomic mass is 10.0. The second-order valence-electron chi connectivity index (χ2n) is 8.48. The zero-order chi connectivity index (χ0) is 23.2. The van der Waals surface area contributed by atoms with Crippen LogP contribution in [-0.2, 0) is 39.0 Å². The SMILES string of the molecule is O=C1CCC(N2Cc3cc(NS(=O)(=O)CCc4ccc5c(c4)CCO5)ccc3C2=O)C(=O)N1. The number of nitrogens with zero attached hydrogens (tertiary/aromatic N) is 1. The van der Waals surface area contributed by atoms with Gasteiger partial charge < -0.3 is 9.64 Å². The normalized spacial score (nSPS) is 19.7. The Morgan fingerprint density at radius 3 is 2.73 bits per heavy atom. The zero-order valence-electron chi connectivity index (χ0n) is 17.8. The summed E-state index contributed by atoms with van der Waals surface area (Å²) in [6.07, 6.45) is 1.66. The van der Waals surface area contributed by atoms with E-state index >= 15 is 0 Å². The molecule has 2 aromatic carbocycles. The van der Waals surface area contributed by atoms with Gasteiger partial charge in [-0.1, -0.05) is 12.1 Å². The van der Waals surface area contributed by atoms with E-state index in [2.05, 4.69) is 10.0 Å². The minimum Gasteiger partial charge on any atom is -0.493 e. The van der Waals surface area contributed by atoms with E-state index in [0.29, 0.717) is 29.8 Å². The predicted molar refractivity (Wildman–Crippen MR) is 119 cm³/mol. The molecule has 3 aliphatic rings. The summed E-state index contributed by atoms with van der Waals surface area (Å²) < 4.78 is 33.4. The molecule has 1 atom stereocenters. The number of carbonyl (C=O) groups is 3. The summed E-state index contributed by atoms with van der Waals surface area (Å²) >= 11 is 0. The van der Waals surface area contributed by atoms with Gasteiger partial charge in [0.15, 0.2) is 0 Å². The maximum Gasteiger partial charge on any atom is 0.255 e. The predicted octanol–water partition coefficient (Wildman–Crippen LogP) is 1.37. The van der Waals surface area contributed by atoms with Gasteiger partial charge in [0.05, 0.1) is 12.4 Å². The van der Waals surface area contributed by atoms with Crippen molar-refractivity contribution >= 4 is 33.4 Å². The van der Waals surface area contributed by atoms with Crippen molar-refractivity contribution in [3.05, 3.63) is 58.7 Å². The molecule has 10 heteroatoms. The molecule has 3 heterocycles. The number of aryl methyl sites for hydroxylation is 1. The topological polar surface area (TPSA) is 122 Å². The van der Waals surface area contributed by atoms with Crippen molar-refractivity contribution in [2.75, 3.05) is 17.1 Å². The molecule has 1 saturated heterocycles. The molecule has 0 bridgehead atoms. The van der Waals surface area contributed by atoms with E-state index in [1.807, 2.05) is 18.2 Å². The molecule has 5 rings (SSSR count). The van der Waals surface area contributed by atoms with Gasteiger partial charge in [-0.25, -0.2) is 8.42 Å². The molecule has 0 saturated carbocycles. The maximum absolute atomic E-state index is 12.8. The van der Waals surface area contributed by atoms with Gasteiger partial charge in [0.1, 0.15) is 11.8 Å². The number of sulfonamides is 1. The third kappa shape index (κ3) is 4.30. The number of benzene rings is 2. The molecule has 1 fully saturated rings. The molecule has 0 aromatic heterocycles. The van der Waals surface area contributed by atoms with Crippen LogP contribution in [0, 0.1) is 0 Å². The summed E-state index contributed by atoms with van der Waals surface area (Å²) in [6, 6.07) is 9.79. The molecule has 3 aliphatic heterocycles. The lowest BCUT2D eigenvalue weighted by Gasteiger charge is -2.29. The third-order valence-electron chi connectivity index (χ3n) is 6.21. The fourth-order valence-corrected chi connectivity index (χ4v) is 5.61. The largest absolute Gasteiger partial charge is 0.493 e. The Morgan fingerprint density at radius 1 is 1.06 bits per heavy atom. The molecule has 33 heavy (non-hydrogen) atoms. The summed E-state index contributed by atoms with van der Waals surface area (Å²) in [7, 11) is -3.61. The van der Waals surface area contributed by atoms with Crippen molar-refractivity contribution in [1.29, 1.82) is 0 Å². The van der Waals surface area contributed by atoms with E-state index in [4.69, 9.17) is 4.74 Å². The Morgan fingerprint density at radius 2 is 1.91 bits per heavy atom. The number of piperidine rings is 1. The summed E-state index contributed by atoms with van der Waals surface area (Å²) in [5.74, 6) is -0.338. The smallest absolute Gasteiger partial charge is 0.255 e. The van der Waals surface area contributed by atoms with Crippen LogP contribution in [0.1, 0.15) is 39.9 Å². The molecule has 172 valence electrons. The van der Waals surface area contributed by atoms with Gasteiger partial charge in [-0.05, 0) is 53.8 Å². The van der Waals surface area contributed by atoms with Gasteiger partial charge in [0, 0.05) is 30.6 Å². The van der Waals surface area contributed by atoms with E-state index in [1.54, 1.807) is 18.2 Å². The van der Waals surface area contributed by atoms with Crippen molar-refractivity contribution in [2.24, 2.45) is 0 Å². The highest BCUT2D eigenvalue weighted by Gasteiger charge is 2.39. The molecule has 9 nitrogen and oxygen atoms in total. The average Bonchev–Trinajstić information content (AvgIpc) is 3.36. The second kappa shape index (κ2) is 8.18. The van der Waals surface area contributed by atoms with E-state index in [9.17, 15) is 22.8 Å². The minimum absolute atomic E-state index is 0.0783. The molecule has 0 aliphatic carbocycles. The number of nitrogens with one attached hydrogen (secondary N) is 2. The fraction of sp³-hybridized carbons (Fsp3) is 0.348. The van der Waals surface area contributed by atoms with Crippen molar-refractivity contribution < 1.29 is 27.5 Å². The molecular formula is C23H23N3O6S. The van der Waals surface area contributed by atoms with Crippen LogP contribution in [0.5, 0.6) is 5.75 Å². The average molecular weight is 470 g/mol. The standard InChI is InChI=1S/C23H23N3O6S/c27-21-6-4-19(22(28)24-21)26-13-16-12-17(2-3-18(16)23(26)29)25-33(30,31)10-8-14-1-5-20-15(11-14)7-9-32-20/h1-3,5,11-12,19,25H,4,6-10,13H2,(H,24,27,28). The third-order valence-corrected chi connectivity index (χ3v) is 7.50. The Labute approximate surface area is 191 Å². The van der Waals surface area contributed by atoms with Crippen LogP contribution >= 0.6 is 0 Å². The summed E-state index contributed by atoms with van der Waals surface area (Å²) in [5, 5.41) is 2.27. The van der Waals surface area contributed by atoms with Gasteiger partial charge in [-0.15, -0.1) is 0 Å². The van der Waals surface area contributed by atoms with E-state index in [0.717, 1.165) is 23.3 Å². The number of amides is 3. The number of anilines is 1. The molecule has 3 amide bonds. The number of hydrogen-bond acceptors (Lipinski definition) is 6. The van der Waals surface area contributed by atoms with E-state index in [1.165, 1.54) is 4.90 Å². The Hall–Kier alpha value is -3.40. The first-order valence-electron chi connectivity index (χ1n) is 10.8. The van der Waals surface area contributed by atoms with Crippen LogP contribution < -0.4 is 14.8 Å². The van der Waals surface area contributed by atoms with Crippen LogP contribution in [-0.4, -0.2) is 49.4 Å². The lowest BCUT2D eigenvalue weighted by Crippen LogP contribution is -2.52. The molecule has 0 spiro atoms. The number of hydrogen-bond donors (Lipinski definition) is 2. The first-order chi connectivity index (χ1) is 15.8. The first kappa shape index (κ1) is 21.4. The molecule has 2 N–H and O–H groups in total. The molecule has 1 unspecified atom stereocenters. The van der Waals surface area contributed by atoms with E-state index < -0.39 is 22.0 Å². The summed E-state index contributed by atoms with van der Waals surface area (Å²) in [4.78, 5) is 37.8. The lowest BCUT2D eigenvalue weighted by molar-refractivity contribution is -0.136. The Kier molecular flexibility index (Phi) is 5.32. The number of fused-ring (bicyclic) bond motifs is 2. The number of rotatable bonds is 6. The summed E-state index contributed by atoms with van der Waals surface area (Å²) in [5.41, 5.74) is 3.48. The van der Waals surface area contributed by atoms with Crippen molar-refractivity contribution in [2.45, 2.75) is 38.3 Å². The van der Waals surface area contributed by atoms with Gasteiger partial charge in [0.25, 0.3) is 5.91 Å². The highest BCUT2D eigenvalue weighted by molar-refractivity contribution is 7.92. The minimum atomic E-state index is -3.61. The van der Waals surface area contributed by atoms with Crippen molar-refractivity contribution in [3.63, 3.8) is 0 Å². The zero-order valence-corrected chi connectivity index (χ0v) is 18.6.